The molecule has 8 rings (SSSR count). The Hall–Kier alpha value is -4.14. The minimum Gasteiger partial charge on any atom is -0.377 e. The molecule has 2 N–H and O–H groups in total. The summed E-state index contributed by atoms with van der Waals surface area (Å²) in [7, 11) is 2.13. The number of anilines is 5. The molecule has 5 fully saturated rings. The second kappa shape index (κ2) is 12.5. The van der Waals surface area contributed by atoms with Crippen LogP contribution in [0.3, 0.4) is 0 Å². The zero-order valence-electron chi connectivity index (χ0n) is 26.3. The Kier molecular flexibility index (Phi) is 8.02. The molecule has 47 heavy (non-hydrogen) atoms. The molecule has 2 amide bonds. The molecule has 4 bridgehead atoms. The van der Waals surface area contributed by atoms with Gasteiger partial charge in [0.2, 0.25) is 11.9 Å². The zero-order chi connectivity index (χ0) is 32.1. The molecule has 2 aromatic carbocycles. The summed E-state index contributed by atoms with van der Waals surface area (Å²) < 4.78 is 41.2. The first-order chi connectivity index (χ1) is 22.9. The van der Waals surface area contributed by atoms with Gasteiger partial charge in [0.05, 0.1) is 50.6 Å². The third-order valence-electron chi connectivity index (χ3n) is 10.00. The molecule has 0 spiro atoms. The Bertz CT molecular complexity index is 1540. The van der Waals surface area contributed by atoms with Gasteiger partial charge >= 0.3 is 6.03 Å². The largest absolute Gasteiger partial charge is 0.377 e. The average molecular weight is 648 g/mol. The number of hydrogen-bond acceptors (Lipinski definition) is 10. The van der Waals surface area contributed by atoms with Crippen molar-refractivity contribution in [2.24, 2.45) is 0 Å². The molecule has 14 heteroatoms. The number of benzene rings is 2. The summed E-state index contributed by atoms with van der Waals surface area (Å²) in [6.07, 6.45) is -1.40. The van der Waals surface area contributed by atoms with Crippen LogP contribution in [0.25, 0.3) is 11.4 Å². The first-order valence-electron chi connectivity index (χ1n) is 16.4. The van der Waals surface area contributed by atoms with Crippen LogP contribution in [-0.4, -0.2) is 122 Å². The van der Waals surface area contributed by atoms with Crippen molar-refractivity contribution in [1.82, 2.24) is 19.9 Å². The highest BCUT2D eigenvalue weighted by Crippen LogP contribution is 2.38. The molecule has 3 aromatic rings. The van der Waals surface area contributed by atoms with E-state index in [0.717, 1.165) is 31.9 Å². The van der Waals surface area contributed by atoms with Gasteiger partial charge < -0.3 is 39.7 Å². The summed E-state index contributed by atoms with van der Waals surface area (Å²) in [4.78, 5) is 35.7. The van der Waals surface area contributed by atoms with Crippen molar-refractivity contribution in [3.8, 4) is 11.4 Å². The molecule has 5 saturated heterocycles. The summed E-state index contributed by atoms with van der Waals surface area (Å²) in [5, 5.41) is 5.78. The van der Waals surface area contributed by atoms with E-state index in [0.29, 0.717) is 60.7 Å². The molecule has 0 unspecified atom stereocenters. The number of aromatic nitrogens is 3. The molecule has 0 aliphatic carbocycles. The number of nitrogens with zero attached hydrogens (tertiary/aromatic N) is 7. The first kappa shape index (κ1) is 30.2. The molecule has 5 aliphatic heterocycles. The lowest BCUT2D eigenvalue weighted by Gasteiger charge is -2.37. The number of hydrogen-bond donors (Lipinski definition) is 2. The maximum Gasteiger partial charge on any atom is 0.323 e. The molecule has 0 saturated carbocycles. The molecule has 5 aliphatic rings. The van der Waals surface area contributed by atoms with Gasteiger partial charge in [0.1, 0.15) is 12.3 Å². The predicted molar refractivity (Wildman–Crippen MR) is 175 cm³/mol. The van der Waals surface area contributed by atoms with E-state index in [-0.39, 0.29) is 31.3 Å². The molecule has 0 radical (unpaired) electrons. The molecule has 1 aromatic heterocycles. The third kappa shape index (κ3) is 5.93. The van der Waals surface area contributed by atoms with Crippen molar-refractivity contribution in [3.05, 3.63) is 48.5 Å². The van der Waals surface area contributed by atoms with Crippen LogP contribution in [0, 0.1) is 0 Å². The molecular weight excluding hydrogens is 608 g/mol. The number of urea groups is 1. The number of piperazine rings is 1. The highest BCUT2D eigenvalue weighted by atomic mass is 19.1. The number of fused-ring (bicyclic) bond motifs is 4. The fourth-order valence-corrected chi connectivity index (χ4v) is 7.42. The molecule has 6 heterocycles. The van der Waals surface area contributed by atoms with Crippen molar-refractivity contribution >= 4 is 35.0 Å². The SMILES string of the molecule is CN1CCN(c2ccc(NC(=O)Nc3ccc(-c4nc(N5[C@@H]6COC[C@H]5[C@@H](F)C6)nc(N5[C@@H]6COC[C@H]5[C@@H](F)C6)n4)cc3)cc2)CC1. The summed E-state index contributed by atoms with van der Waals surface area (Å²) in [5.41, 5.74) is 3.12. The molecule has 248 valence electrons. The minimum atomic E-state index is -1.05. The van der Waals surface area contributed by atoms with E-state index in [1.165, 1.54) is 0 Å². The number of carbonyl (C=O) groups excluding carboxylic acids is 1. The fourth-order valence-electron chi connectivity index (χ4n) is 7.42. The summed E-state index contributed by atoms with van der Waals surface area (Å²) in [5.74, 6) is 1.12. The van der Waals surface area contributed by atoms with E-state index in [1.54, 1.807) is 12.1 Å². The van der Waals surface area contributed by atoms with Crippen LogP contribution in [0.1, 0.15) is 12.8 Å². The lowest BCUT2D eigenvalue weighted by atomic mass is 10.2. The maximum atomic E-state index is 15.0. The summed E-state index contributed by atoms with van der Waals surface area (Å²) in [6.45, 7) is 5.31. The average Bonchev–Trinajstić information content (AvgIpc) is 3.39. The monoisotopic (exact) mass is 647 g/mol. The lowest BCUT2D eigenvalue weighted by Crippen LogP contribution is -2.50. The number of morpholine rings is 2. The van der Waals surface area contributed by atoms with E-state index in [2.05, 4.69) is 27.5 Å². The van der Waals surface area contributed by atoms with Crippen LogP contribution < -0.4 is 25.3 Å². The van der Waals surface area contributed by atoms with Crippen molar-refractivity contribution < 1.29 is 23.0 Å². The van der Waals surface area contributed by atoms with E-state index in [1.807, 2.05) is 46.2 Å². The predicted octanol–water partition coefficient (Wildman–Crippen LogP) is 3.57. The lowest BCUT2D eigenvalue weighted by molar-refractivity contribution is 0.0810. The molecule has 12 nitrogen and oxygen atoms in total. The van der Waals surface area contributed by atoms with E-state index >= 15 is 0 Å². The molecule has 6 atom stereocenters. The second-order valence-electron chi connectivity index (χ2n) is 13.1. The van der Waals surface area contributed by atoms with Gasteiger partial charge in [0.15, 0.2) is 5.82 Å². The van der Waals surface area contributed by atoms with E-state index < -0.39 is 24.4 Å². The number of rotatable bonds is 6. The summed E-state index contributed by atoms with van der Waals surface area (Å²) >= 11 is 0. The summed E-state index contributed by atoms with van der Waals surface area (Å²) in [6, 6.07) is 13.4. The Balaban J connectivity index is 0.999. The third-order valence-corrected chi connectivity index (χ3v) is 10.00. The number of carbonyl (C=O) groups is 1. The quantitative estimate of drug-likeness (QED) is 0.412. The van der Waals surface area contributed by atoms with Gasteiger partial charge in [-0.1, -0.05) is 0 Å². The minimum absolute atomic E-state index is 0.185. The number of halogens is 2. The van der Waals surface area contributed by atoms with Crippen molar-refractivity contribution in [1.29, 1.82) is 0 Å². The van der Waals surface area contributed by atoms with Crippen molar-refractivity contribution in [2.45, 2.75) is 49.4 Å². The number of nitrogens with one attached hydrogen (secondary N) is 2. The van der Waals surface area contributed by atoms with Gasteiger partial charge in [-0.25, -0.2) is 13.6 Å². The van der Waals surface area contributed by atoms with E-state index in [4.69, 9.17) is 24.4 Å². The number of likely N-dealkylation sites (N-methyl/N-ethyl adjacent to an activating group) is 1. The Morgan fingerprint density at radius 3 is 1.74 bits per heavy atom. The Labute approximate surface area is 272 Å². The van der Waals surface area contributed by atoms with Gasteiger partial charge in [0, 0.05) is 61.6 Å². The first-order valence-corrected chi connectivity index (χ1v) is 16.4. The van der Waals surface area contributed by atoms with E-state index in [9.17, 15) is 13.6 Å². The molecular formula is C33H39F2N9O3. The standard InChI is InChI=1S/C33H39F2N9O3/c1-41-10-12-42(13-11-41)23-8-6-22(7-9-23)37-33(45)36-21-4-2-20(3-5-21)30-38-31(43-24-14-26(34)28(43)18-46-16-24)40-32(39-30)44-25-15-27(35)29(44)19-47-17-25/h2-9,24-29H,10-19H2,1H3,(H2,36,37,45)/t24-,25-,26-,27-,28-,29-/m0/s1. The Morgan fingerprint density at radius 2 is 1.23 bits per heavy atom. The smallest absolute Gasteiger partial charge is 0.323 e. The number of ether oxygens (including phenoxy) is 2. The van der Waals surface area contributed by atoms with Gasteiger partial charge in [-0.3, -0.25) is 0 Å². The van der Waals surface area contributed by atoms with Crippen LogP contribution >= 0.6 is 0 Å². The van der Waals surface area contributed by atoms with Crippen LogP contribution in [0.15, 0.2) is 48.5 Å². The number of amides is 2. The normalized spacial score (nSPS) is 28.9. The highest BCUT2D eigenvalue weighted by molar-refractivity contribution is 6.00. The van der Waals surface area contributed by atoms with Crippen LogP contribution in [0.2, 0.25) is 0 Å². The topological polar surface area (TPSA) is 111 Å². The Morgan fingerprint density at radius 1 is 0.723 bits per heavy atom. The van der Waals surface area contributed by atoms with Crippen LogP contribution in [0.4, 0.5) is 42.5 Å². The maximum absolute atomic E-state index is 15.0. The van der Waals surface area contributed by atoms with Crippen molar-refractivity contribution in [3.63, 3.8) is 0 Å². The fraction of sp³-hybridized carbons (Fsp3) is 0.515. The highest BCUT2D eigenvalue weighted by Gasteiger charge is 2.49. The second-order valence-corrected chi connectivity index (χ2v) is 13.1. The van der Waals surface area contributed by atoms with Gasteiger partial charge in [-0.2, -0.15) is 15.0 Å². The van der Waals surface area contributed by atoms with Crippen LogP contribution in [0.5, 0.6) is 0 Å². The van der Waals surface area contributed by atoms with Gasteiger partial charge in [-0.05, 0) is 55.6 Å². The van der Waals surface area contributed by atoms with Crippen molar-refractivity contribution in [2.75, 3.05) is 85.0 Å². The van der Waals surface area contributed by atoms with Gasteiger partial charge in [0.25, 0.3) is 0 Å². The van der Waals surface area contributed by atoms with Crippen LogP contribution in [-0.2, 0) is 9.47 Å². The van der Waals surface area contributed by atoms with Gasteiger partial charge in [-0.15, -0.1) is 0 Å². The zero-order valence-corrected chi connectivity index (χ0v) is 26.3. The number of alkyl halides is 2.